The average Bonchev–Trinajstić information content (AvgIpc) is 2.57. The zero-order valence-electron chi connectivity index (χ0n) is 16.3. The van der Waals surface area contributed by atoms with E-state index in [9.17, 15) is 24.2 Å². The van der Waals surface area contributed by atoms with E-state index < -0.39 is 25.2 Å². The quantitative estimate of drug-likeness (QED) is 0.344. The van der Waals surface area contributed by atoms with Crippen LogP contribution in [0.1, 0.15) is 47.5 Å². The lowest BCUT2D eigenvalue weighted by atomic mass is 9.87. The molecular weight excluding hydrogens is 363 g/mol. The number of hydrogen-bond acceptors (Lipinski definition) is 6. The van der Waals surface area contributed by atoms with Gasteiger partial charge in [-0.05, 0) is 12.8 Å². The molecule has 0 saturated carbocycles. The summed E-state index contributed by atoms with van der Waals surface area (Å²) >= 11 is 0. The molecule has 0 fully saturated rings. The summed E-state index contributed by atoms with van der Waals surface area (Å²) in [7, 11) is -4.21. The maximum Gasteiger partial charge on any atom is 0.472 e. The van der Waals surface area contributed by atoms with Crippen molar-refractivity contribution in [3.63, 3.8) is 0 Å². The van der Waals surface area contributed by atoms with Crippen LogP contribution in [0, 0.1) is 11.3 Å². The van der Waals surface area contributed by atoms with Gasteiger partial charge in [-0.2, -0.15) is 0 Å². The normalized spacial score (nSPS) is 16.4. The molecule has 0 rings (SSSR count). The number of hydrogen-bond donors (Lipinski definition) is 4. The number of phosphoric acid groups is 1. The van der Waals surface area contributed by atoms with Crippen molar-refractivity contribution in [1.29, 1.82) is 0 Å². The van der Waals surface area contributed by atoms with Gasteiger partial charge in [-0.1, -0.05) is 34.1 Å². The van der Waals surface area contributed by atoms with Gasteiger partial charge in [0.2, 0.25) is 11.8 Å². The molecule has 10 heteroatoms. The van der Waals surface area contributed by atoms with Crippen LogP contribution < -0.4 is 10.6 Å². The minimum absolute atomic E-state index is 0.00363. The summed E-state index contributed by atoms with van der Waals surface area (Å²) in [6.07, 6.45) is -0.417. The smallest absolute Gasteiger partial charge is 0.383 e. The molecule has 0 saturated heterocycles. The fraction of sp³-hybridized carbons (Fsp3) is 0.875. The van der Waals surface area contributed by atoms with E-state index in [0.717, 1.165) is 6.42 Å². The van der Waals surface area contributed by atoms with Gasteiger partial charge >= 0.3 is 7.82 Å². The average molecular weight is 396 g/mol. The molecule has 2 amide bonds. The molecular formula is C16H33N2O7P. The van der Waals surface area contributed by atoms with Crippen LogP contribution in [0.5, 0.6) is 0 Å². The Balaban J connectivity index is 4.31. The van der Waals surface area contributed by atoms with Gasteiger partial charge in [0.1, 0.15) is 6.10 Å². The van der Waals surface area contributed by atoms with E-state index in [0.29, 0.717) is 12.5 Å². The van der Waals surface area contributed by atoms with Crippen molar-refractivity contribution < 1.29 is 33.2 Å². The molecule has 9 nitrogen and oxygen atoms in total. The third-order valence-corrected chi connectivity index (χ3v) is 4.92. The minimum Gasteiger partial charge on any atom is -0.383 e. The van der Waals surface area contributed by atoms with Crippen LogP contribution in [0.2, 0.25) is 0 Å². The van der Waals surface area contributed by atoms with Crippen molar-refractivity contribution in [2.75, 3.05) is 26.3 Å². The number of amides is 2. The second kappa shape index (κ2) is 11.7. The molecule has 0 heterocycles. The summed E-state index contributed by atoms with van der Waals surface area (Å²) in [4.78, 5) is 33.1. The summed E-state index contributed by atoms with van der Waals surface area (Å²) in [6.45, 7) is 8.94. The Hall–Kier alpha value is -0.990. The molecule has 0 aromatic rings. The summed E-state index contributed by atoms with van der Waals surface area (Å²) in [5.74, 6) is -0.478. The Kier molecular flexibility index (Phi) is 11.2. The Morgan fingerprint density at radius 1 is 1.19 bits per heavy atom. The maximum atomic E-state index is 12.0. The molecule has 3 atom stereocenters. The van der Waals surface area contributed by atoms with Crippen molar-refractivity contribution in [2.24, 2.45) is 11.3 Å². The number of carbonyl (C=O) groups excluding carboxylic acids is 2. The van der Waals surface area contributed by atoms with Gasteiger partial charge in [0.15, 0.2) is 0 Å². The molecule has 0 aromatic carbocycles. The highest BCUT2D eigenvalue weighted by Crippen LogP contribution is 2.44. The highest BCUT2D eigenvalue weighted by molar-refractivity contribution is 7.47. The SMILES string of the molecule is CCOP(=O)(O)OCC(C)(C)[C@H](O)C(=O)NCCC(=O)NCC(C)CC. The molecule has 0 spiro atoms. The maximum absolute atomic E-state index is 12.0. The number of aliphatic hydroxyl groups excluding tert-OH is 1. The van der Waals surface area contributed by atoms with Crippen molar-refractivity contribution in [3.8, 4) is 0 Å². The summed E-state index contributed by atoms with van der Waals surface area (Å²) in [5.41, 5.74) is -1.13. The van der Waals surface area contributed by atoms with E-state index in [4.69, 9.17) is 4.52 Å². The highest BCUT2D eigenvalue weighted by Gasteiger charge is 2.36. The molecule has 154 valence electrons. The first-order chi connectivity index (χ1) is 11.9. The second-order valence-corrected chi connectivity index (χ2v) is 8.36. The molecule has 0 aliphatic carbocycles. The zero-order valence-corrected chi connectivity index (χ0v) is 17.2. The molecule has 0 aliphatic rings. The summed E-state index contributed by atoms with van der Waals surface area (Å²) < 4.78 is 20.9. The molecule has 26 heavy (non-hydrogen) atoms. The third kappa shape index (κ3) is 10.2. The second-order valence-electron chi connectivity index (χ2n) is 6.91. The van der Waals surface area contributed by atoms with Gasteiger partial charge in [-0.3, -0.25) is 18.6 Å². The van der Waals surface area contributed by atoms with E-state index in [1.54, 1.807) is 6.92 Å². The highest BCUT2D eigenvalue weighted by atomic mass is 31.2. The van der Waals surface area contributed by atoms with Gasteiger partial charge < -0.3 is 20.6 Å². The van der Waals surface area contributed by atoms with Crippen LogP contribution in [0.15, 0.2) is 0 Å². The van der Waals surface area contributed by atoms with Gasteiger partial charge in [-0.15, -0.1) is 0 Å². The standard InChI is InChI=1S/C16H33N2O7P/c1-6-12(3)10-18-13(19)8-9-17-15(21)14(20)16(4,5)11-25-26(22,23)24-7-2/h12,14,20H,6-11H2,1-5H3,(H,17,21)(H,18,19)(H,22,23)/t12?,14-/m1/s1. The number of aliphatic hydroxyl groups is 1. The fourth-order valence-corrected chi connectivity index (χ4v) is 2.70. The monoisotopic (exact) mass is 396 g/mol. The largest absolute Gasteiger partial charge is 0.472 e. The Labute approximate surface area is 155 Å². The predicted molar refractivity (Wildman–Crippen MR) is 97.3 cm³/mol. The number of carbonyl (C=O) groups is 2. The number of rotatable bonds is 13. The van der Waals surface area contributed by atoms with Gasteiger partial charge in [0, 0.05) is 24.9 Å². The lowest BCUT2D eigenvalue weighted by Gasteiger charge is -2.29. The first kappa shape index (κ1) is 25.0. The molecule has 0 bridgehead atoms. The van der Waals surface area contributed by atoms with Crippen LogP contribution in [0.25, 0.3) is 0 Å². The van der Waals surface area contributed by atoms with Crippen LogP contribution in [0.4, 0.5) is 0 Å². The van der Waals surface area contributed by atoms with Gasteiger partial charge in [0.05, 0.1) is 13.2 Å². The molecule has 0 aromatic heterocycles. The molecule has 0 radical (unpaired) electrons. The van der Waals surface area contributed by atoms with Crippen molar-refractivity contribution >= 4 is 19.6 Å². The van der Waals surface area contributed by atoms with E-state index >= 15 is 0 Å². The van der Waals surface area contributed by atoms with Crippen molar-refractivity contribution in [2.45, 2.75) is 53.6 Å². The van der Waals surface area contributed by atoms with Crippen LogP contribution in [-0.4, -0.2) is 54.2 Å². The first-order valence-corrected chi connectivity index (χ1v) is 10.3. The number of nitrogens with one attached hydrogen (secondary N) is 2. The molecule has 2 unspecified atom stereocenters. The van der Waals surface area contributed by atoms with Crippen LogP contribution in [0.3, 0.4) is 0 Å². The van der Waals surface area contributed by atoms with Crippen LogP contribution in [-0.2, 0) is 23.2 Å². The van der Waals surface area contributed by atoms with E-state index in [-0.39, 0.29) is 32.1 Å². The van der Waals surface area contributed by atoms with Crippen molar-refractivity contribution in [1.82, 2.24) is 10.6 Å². The minimum atomic E-state index is -4.21. The summed E-state index contributed by atoms with van der Waals surface area (Å²) in [6, 6.07) is 0. The third-order valence-electron chi connectivity index (χ3n) is 3.88. The van der Waals surface area contributed by atoms with Crippen LogP contribution >= 0.6 is 7.82 Å². The fourth-order valence-electron chi connectivity index (χ4n) is 1.80. The lowest BCUT2D eigenvalue weighted by Crippen LogP contribution is -2.46. The predicted octanol–water partition coefficient (Wildman–Crippen LogP) is 1.20. The van der Waals surface area contributed by atoms with Gasteiger partial charge in [-0.25, -0.2) is 4.57 Å². The summed E-state index contributed by atoms with van der Waals surface area (Å²) in [5, 5.41) is 15.4. The molecule has 0 aliphatic heterocycles. The number of phosphoric ester groups is 1. The Morgan fingerprint density at radius 2 is 1.81 bits per heavy atom. The van der Waals surface area contributed by atoms with E-state index in [1.165, 1.54) is 13.8 Å². The van der Waals surface area contributed by atoms with Crippen molar-refractivity contribution in [3.05, 3.63) is 0 Å². The molecule has 4 N–H and O–H groups in total. The first-order valence-electron chi connectivity index (χ1n) is 8.79. The van der Waals surface area contributed by atoms with E-state index in [1.807, 2.05) is 13.8 Å². The zero-order chi connectivity index (χ0) is 20.4. The Bertz CT molecular complexity index is 499. The topological polar surface area (TPSA) is 134 Å². The van der Waals surface area contributed by atoms with E-state index in [2.05, 4.69) is 15.2 Å². The van der Waals surface area contributed by atoms with Gasteiger partial charge in [0.25, 0.3) is 0 Å². The Morgan fingerprint density at radius 3 is 2.35 bits per heavy atom. The lowest BCUT2D eigenvalue weighted by molar-refractivity contribution is -0.137.